The molecule has 6 aliphatic rings. The molecule has 30 nitrogen and oxygen atoms in total. The van der Waals surface area contributed by atoms with Crippen molar-refractivity contribution in [2.24, 2.45) is 0 Å². The van der Waals surface area contributed by atoms with Gasteiger partial charge >= 0.3 is 0 Å². The molecular weight excluding hydrogens is 1460 g/mol. The number of hydrogen-bond acceptors (Lipinski definition) is 30. The first-order chi connectivity index (χ1) is 63.3. The van der Waals surface area contributed by atoms with Crippen LogP contribution < -0.4 is 16.0 Å². The van der Waals surface area contributed by atoms with Crippen molar-refractivity contribution >= 4 is 86.2 Å². The maximum Gasteiger partial charge on any atom is 0.191 e. The van der Waals surface area contributed by atoms with Crippen LogP contribution in [0.4, 0.5) is 30.6 Å². The van der Waals surface area contributed by atoms with E-state index in [0.29, 0.717) is 73.3 Å². The Labute approximate surface area is 676 Å². The Morgan fingerprint density at radius 2 is 0.796 bits per heavy atom. The summed E-state index contributed by atoms with van der Waals surface area (Å²) in [7, 11) is 0. The Morgan fingerprint density at radius 3 is 1.09 bits per heavy atom. The molecule has 0 amide bonds. The standard InChI is InChI=1S/3C24H31FN6O4S/c3*1-3-8-36-24-27-22(26-16-10-14(16)13-5-4-12(2)15(25)9-13)19-23(28-24)31(30-29-19)17-11-18(35-7-6-32)21(34)20(17)33/h3*4-5,9,14,16-18,20-21,32-34H,3,6-8,10-11H2,1-2H3,(H,26,27,28)/t3*14-,16+,17+,18-,20-,21+/m000/s1/i7D2,8D2,11D2,16D,17D,18D,20D,21D;6D2,8D2,11D2,16D,17D,18D,20D,21D;8D2,11D2,16D,17D,18D,20D,21D. The molecule has 12 N–H and O–H groups in total. The third kappa shape index (κ3) is 17.5. The van der Waals surface area contributed by atoms with E-state index < -0.39 is 219 Å². The molecule has 36 heteroatoms. The second-order valence-electron chi connectivity index (χ2n) is 24.1. The number of nitrogens with one attached hydrogen (secondary N) is 3. The minimum Gasteiger partial charge on any atom is -0.394 e. The van der Waals surface area contributed by atoms with Crippen molar-refractivity contribution in [3.8, 4) is 0 Å². The van der Waals surface area contributed by atoms with Gasteiger partial charge in [-0.3, -0.25) is 0 Å². The van der Waals surface area contributed by atoms with Crippen molar-refractivity contribution in [1.82, 2.24) is 74.9 Å². The molecule has 3 aromatic carbocycles. The van der Waals surface area contributed by atoms with Gasteiger partial charge in [0.1, 0.15) is 53.9 Å². The Balaban J connectivity index is 0.000000176. The zero-order chi connectivity index (χ0) is 104. The molecule has 0 bridgehead atoms. The van der Waals surface area contributed by atoms with Crippen LogP contribution in [0.25, 0.3) is 33.5 Å². The van der Waals surface area contributed by atoms with Crippen molar-refractivity contribution in [3.05, 3.63) is 105 Å². The van der Waals surface area contributed by atoms with E-state index in [2.05, 4.69) is 76.8 Å². The fraction of sp³-hybridized carbons (Fsp3) is 0.583. The number of halogens is 3. The highest BCUT2D eigenvalue weighted by atomic mass is 32.2. The van der Waals surface area contributed by atoms with Gasteiger partial charge in [0.2, 0.25) is 0 Å². The van der Waals surface area contributed by atoms with Gasteiger partial charge in [-0.1, -0.05) is 108 Å². The third-order valence-electron chi connectivity index (χ3n) is 16.6. The number of aromatic nitrogens is 15. The van der Waals surface area contributed by atoms with Crippen molar-refractivity contribution in [2.75, 3.05) is 72.6 Å². The van der Waals surface area contributed by atoms with Gasteiger partial charge in [-0.05, 0) is 111 Å². The van der Waals surface area contributed by atoms with E-state index in [1.54, 1.807) is 64.1 Å². The Hall–Kier alpha value is -7.14. The Morgan fingerprint density at radius 1 is 0.472 bits per heavy atom. The summed E-state index contributed by atoms with van der Waals surface area (Å²) in [6.07, 6.45) is -46.3. The topological polar surface area (TPSA) is 415 Å². The van der Waals surface area contributed by atoms with Crippen LogP contribution in [-0.4, -0.2) is 250 Å². The molecule has 0 spiro atoms. The maximum absolute atomic E-state index is 14.3. The molecule has 6 aliphatic carbocycles. The number of aryl methyl sites for hydroxylation is 3. The predicted octanol–water partition coefficient (Wildman–Crippen LogP) is 6.55. The van der Waals surface area contributed by atoms with E-state index >= 15 is 0 Å². The van der Waals surface area contributed by atoms with Crippen LogP contribution in [0.5, 0.6) is 0 Å². The van der Waals surface area contributed by atoms with Crippen LogP contribution in [0.3, 0.4) is 0 Å². The van der Waals surface area contributed by atoms with Gasteiger partial charge in [0.25, 0.3) is 0 Å². The molecule has 6 saturated carbocycles. The smallest absolute Gasteiger partial charge is 0.191 e. The number of ether oxygens (including phenoxy) is 3. The zero-order valence-electron chi connectivity index (χ0n) is 88.8. The number of thioether (sulfide) groups is 3. The molecule has 6 aromatic heterocycles. The monoisotopic (exact) mass is 1590 g/mol. The molecule has 108 heavy (non-hydrogen) atoms. The van der Waals surface area contributed by atoms with E-state index in [0.717, 1.165) is 0 Å². The third-order valence-corrected chi connectivity index (χ3v) is 19.0. The van der Waals surface area contributed by atoms with E-state index in [-0.39, 0.29) is 97.4 Å². The predicted molar refractivity (Wildman–Crippen MR) is 398 cm³/mol. The van der Waals surface area contributed by atoms with Crippen LogP contribution in [0, 0.1) is 38.2 Å². The lowest BCUT2D eigenvalue weighted by atomic mass is 10.1. The van der Waals surface area contributed by atoms with Crippen molar-refractivity contribution in [1.29, 1.82) is 0 Å². The molecular formula is C72H93F3N18O12S3. The molecule has 9 aromatic rings. The van der Waals surface area contributed by atoms with E-state index in [1.807, 2.05) is 0 Å². The number of nitrogens with zero attached hydrogens (tertiary/aromatic N) is 15. The van der Waals surface area contributed by atoms with Crippen molar-refractivity contribution in [3.63, 3.8) is 0 Å². The van der Waals surface area contributed by atoms with Gasteiger partial charge in [0.15, 0.2) is 66.4 Å². The highest BCUT2D eigenvalue weighted by molar-refractivity contribution is 7.99. The number of fused-ring (bicyclic) bond motifs is 3. The van der Waals surface area contributed by atoms with Crippen LogP contribution in [0.15, 0.2) is 70.1 Å². The molecule has 0 saturated heterocycles. The van der Waals surface area contributed by atoms with Crippen molar-refractivity contribution < 1.29 is 116 Å². The summed E-state index contributed by atoms with van der Waals surface area (Å²) in [4.78, 5) is 25.3. The lowest BCUT2D eigenvalue weighted by molar-refractivity contribution is -0.0629. The van der Waals surface area contributed by atoms with Crippen LogP contribution in [0.2, 0.25) is 0 Å². The van der Waals surface area contributed by atoms with E-state index in [9.17, 15) is 59.1 Å². The normalized spacial score (nSPS) is 44.1. The summed E-state index contributed by atoms with van der Waals surface area (Å²) < 4.78 is 319. The zero-order valence-corrected chi connectivity index (χ0v) is 60.3. The largest absolute Gasteiger partial charge is 0.394 e. The summed E-state index contributed by atoms with van der Waals surface area (Å²) >= 11 is 1.52. The lowest BCUT2D eigenvalue weighted by Gasteiger charge is -2.17. The number of aliphatic hydroxyl groups is 9. The molecule has 15 rings (SSSR count). The molecule has 6 heterocycles. The molecule has 0 unspecified atom stereocenters. The van der Waals surface area contributed by atoms with Gasteiger partial charge in [0, 0.05) is 88.5 Å². The lowest BCUT2D eigenvalue weighted by Crippen LogP contribution is -2.33. The first-order valence-corrected chi connectivity index (χ1v) is 35.6. The number of benzene rings is 3. The molecule has 18 atom stereocenters. The first-order valence-electron chi connectivity index (χ1n) is 48.6. The average Bonchev–Trinajstić information content (AvgIpc) is 1.50. The number of rotatable bonds is 30. The Bertz CT molecular complexity index is 6280. The number of anilines is 3. The molecule has 582 valence electrons. The van der Waals surface area contributed by atoms with E-state index in [4.69, 9.17) is 56.7 Å². The maximum atomic E-state index is 14.3. The fourth-order valence-electron chi connectivity index (χ4n) is 10.9. The van der Waals surface area contributed by atoms with Crippen molar-refractivity contribution in [2.45, 2.75) is 223 Å². The van der Waals surface area contributed by atoms with Crippen LogP contribution in [-0.2, 0) is 14.2 Å². The second kappa shape index (κ2) is 35.1. The minimum atomic E-state index is -4.13. The Kier molecular flexibility index (Phi) is 15.8. The van der Waals surface area contributed by atoms with Crippen LogP contribution in [0.1, 0.15) is 190 Å². The first kappa shape index (κ1) is 48.6. The van der Waals surface area contributed by atoms with Gasteiger partial charge in [0.05, 0.1) is 102 Å². The minimum absolute atomic E-state index is 0.00435. The highest BCUT2D eigenvalue weighted by Crippen LogP contribution is 2.48. The molecule has 6 fully saturated rings. The molecule has 0 radical (unpaired) electrons. The van der Waals surface area contributed by atoms with E-state index in [1.165, 1.54) is 32.0 Å². The quantitative estimate of drug-likeness (QED) is 0.0168. The van der Waals surface area contributed by atoms with Gasteiger partial charge < -0.3 is 76.1 Å². The van der Waals surface area contributed by atoms with Crippen LogP contribution >= 0.6 is 35.3 Å². The summed E-state index contributed by atoms with van der Waals surface area (Å²) in [6, 6.07) is -1.96. The van der Waals surface area contributed by atoms with Gasteiger partial charge in [-0.25, -0.2) is 57.1 Å². The summed E-state index contributed by atoms with van der Waals surface area (Å²) in [5.41, 5.74) is -6.08. The summed E-state index contributed by atoms with van der Waals surface area (Å²) in [6.45, 7) is -1.71. The number of hydrogen-bond donors (Lipinski definition) is 12. The van der Waals surface area contributed by atoms with Gasteiger partial charge in [-0.15, -0.1) is 15.3 Å². The fourth-order valence-corrected chi connectivity index (χ4v) is 12.5. The number of aliphatic hydroxyl groups excluding tert-OH is 2. The SMILES string of the molecule is [2H]C([2H])(CC)Sc1nc(N[C@]2([2H])C[C@H]2c2ccc(C)c(F)c2)c2nnn([C@]3([2H])C([2H])([2H])[C@]([2H])(OCCO)[C@@]([2H])(O)[C@@]3([2H])O)c2n1.[2H]C([2H])(CO)O[C@@]1([2H])C([2H])([2H])[C@@]([2H])(n2nnc3c(N[C@]4([2H])C[C@H]4c4ccc(C)c(F)c4)nc(SC([2H])([2H])CC)nc32)[C@]([2H])(O)[C@]1([2H])O.[2H]C([2H])(O)CO[C@@]1([2H])C([2H])([2H])[C@@]([2H])(n2nnc3c(N[C@]4([2H])C[C@H]4c4ccc(C)c(F)c4)nc(SC([2H])([2H])CC)nc32)[C@]([2H])(O)[C@]1([2H])O. The summed E-state index contributed by atoms with van der Waals surface area (Å²) in [5.74, 6) is -3.77. The average molecular weight is 1590 g/mol. The van der Waals surface area contributed by atoms with Gasteiger partial charge in [-0.2, -0.15) is 0 Å². The highest BCUT2D eigenvalue weighted by Gasteiger charge is 2.49. The second-order valence-corrected chi connectivity index (χ2v) is 26.6. The summed E-state index contributed by atoms with van der Waals surface area (Å²) in [5, 5.41) is 125. The molecule has 0 aliphatic heterocycles.